The van der Waals surface area contributed by atoms with Crippen LogP contribution >= 0.6 is 0 Å². The van der Waals surface area contributed by atoms with Crippen LogP contribution in [0.5, 0.6) is 0 Å². The zero-order valence-corrected chi connectivity index (χ0v) is 10.5. The SMILES string of the molecule is CC(C)C(NC(=O)C1OCCC1C)C(N)=NO. The van der Waals surface area contributed by atoms with Crippen molar-refractivity contribution >= 4 is 11.7 Å². The number of carbonyl (C=O) groups is 1. The van der Waals surface area contributed by atoms with E-state index in [9.17, 15) is 4.79 Å². The van der Waals surface area contributed by atoms with E-state index in [0.29, 0.717) is 6.61 Å². The van der Waals surface area contributed by atoms with Gasteiger partial charge in [0.1, 0.15) is 6.10 Å². The summed E-state index contributed by atoms with van der Waals surface area (Å²) in [5.74, 6) is 0.0703. The van der Waals surface area contributed by atoms with Gasteiger partial charge in [-0.2, -0.15) is 0 Å². The number of rotatable bonds is 4. The van der Waals surface area contributed by atoms with E-state index in [-0.39, 0.29) is 23.6 Å². The van der Waals surface area contributed by atoms with E-state index < -0.39 is 12.1 Å². The summed E-state index contributed by atoms with van der Waals surface area (Å²) in [6.07, 6.45) is 0.455. The predicted octanol–water partition coefficient (Wildman–Crippen LogP) is 0.299. The van der Waals surface area contributed by atoms with Crippen LogP contribution < -0.4 is 11.1 Å². The molecule has 6 nitrogen and oxygen atoms in total. The Balaban J connectivity index is 2.64. The quantitative estimate of drug-likeness (QED) is 0.286. The normalized spacial score (nSPS) is 27.2. The third kappa shape index (κ3) is 3.33. The molecule has 3 unspecified atom stereocenters. The van der Waals surface area contributed by atoms with Crippen LogP contribution in [0.3, 0.4) is 0 Å². The van der Waals surface area contributed by atoms with Gasteiger partial charge in [-0.1, -0.05) is 25.9 Å². The van der Waals surface area contributed by atoms with Gasteiger partial charge in [-0.15, -0.1) is 0 Å². The van der Waals surface area contributed by atoms with Crippen molar-refractivity contribution in [2.45, 2.75) is 39.3 Å². The van der Waals surface area contributed by atoms with E-state index in [1.807, 2.05) is 20.8 Å². The number of ether oxygens (including phenoxy) is 1. The molecule has 1 rings (SSSR count). The van der Waals surface area contributed by atoms with Gasteiger partial charge in [0.25, 0.3) is 0 Å². The lowest BCUT2D eigenvalue weighted by Crippen LogP contribution is -2.51. The number of hydrogen-bond donors (Lipinski definition) is 3. The van der Waals surface area contributed by atoms with Gasteiger partial charge < -0.3 is 21.0 Å². The Hall–Kier alpha value is -1.30. The number of amides is 1. The molecule has 3 atom stereocenters. The molecule has 0 bridgehead atoms. The average Bonchev–Trinajstić information content (AvgIpc) is 2.70. The Morgan fingerprint density at radius 2 is 2.24 bits per heavy atom. The number of nitrogens with zero attached hydrogens (tertiary/aromatic N) is 1. The molecule has 1 aliphatic rings. The fourth-order valence-corrected chi connectivity index (χ4v) is 1.91. The molecule has 1 aliphatic heterocycles. The van der Waals surface area contributed by atoms with Crippen molar-refractivity contribution in [3.63, 3.8) is 0 Å². The first kappa shape index (κ1) is 13.8. The van der Waals surface area contributed by atoms with E-state index in [4.69, 9.17) is 15.7 Å². The van der Waals surface area contributed by atoms with Crippen LogP contribution in [0.1, 0.15) is 27.2 Å². The van der Waals surface area contributed by atoms with E-state index in [0.717, 1.165) is 6.42 Å². The van der Waals surface area contributed by atoms with Gasteiger partial charge in [-0.25, -0.2) is 0 Å². The molecule has 0 aromatic rings. The smallest absolute Gasteiger partial charge is 0.250 e. The summed E-state index contributed by atoms with van der Waals surface area (Å²) in [5.41, 5.74) is 5.54. The summed E-state index contributed by atoms with van der Waals surface area (Å²) in [7, 11) is 0. The Bertz CT molecular complexity index is 304. The fourth-order valence-electron chi connectivity index (χ4n) is 1.91. The lowest BCUT2D eigenvalue weighted by atomic mass is 10.0. The Labute approximate surface area is 101 Å². The van der Waals surface area contributed by atoms with Crippen LogP contribution in [0.15, 0.2) is 5.16 Å². The summed E-state index contributed by atoms with van der Waals surface area (Å²) in [6.45, 7) is 6.37. The maximum absolute atomic E-state index is 12.0. The van der Waals surface area contributed by atoms with Crippen LogP contribution in [0.25, 0.3) is 0 Å². The lowest BCUT2D eigenvalue weighted by molar-refractivity contribution is -0.132. The first-order valence-corrected chi connectivity index (χ1v) is 5.86. The highest BCUT2D eigenvalue weighted by molar-refractivity contribution is 5.91. The molecule has 1 heterocycles. The van der Waals surface area contributed by atoms with Gasteiger partial charge in [-0.3, -0.25) is 4.79 Å². The molecule has 1 fully saturated rings. The van der Waals surface area contributed by atoms with Crippen molar-refractivity contribution in [2.24, 2.45) is 22.7 Å². The number of amidine groups is 1. The molecule has 4 N–H and O–H groups in total. The van der Waals surface area contributed by atoms with Crippen molar-refractivity contribution in [3.05, 3.63) is 0 Å². The van der Waals surface area contributed by atoms with Crippen molar-refractivity contribution in [2.75, 3.05) is 6.61 Å². The molecule has 0 radical (unpaired) electrons. The second kappa shape index (κ2) is 5.86. The van der Waals surface area contributed by atoms with Gasteiger partial charge in [0.2, 0.25) is 5.91 Å². The van der Waals surface area contributed by atoms with Crippen LogP contribution in [-0.4, -0.2) is 35.7 Å². The lowest BCUT2D eigenvalue weighted by Gasteiger charge is -2.23. The number of hydrogen-bond acceptors (Lipinski definition) is 4. The van der Waals surface area contributed by atoms with Gasteiger partial charge in [0.15, 0.2) is 5.84 Å². The summed E-state index contributed by atoms with van der Waals surface area (Å²) in [5, 5.41) is 14.4. The van der Waals surface area contributed by atoms with E-state index >= 15 is 0 Å². The first-order valence-electron chi connectivity index (χ1n) is 5.86. The summed E-state index contributed by atoms with van der Waals surface area (Å²) in [4.78, 5) is 12.0. The molecule has 1 amide bonds. The topological polar surface area (TPSA) is 96.9 Å². The minimum absolute atomic E-state index is 0.0130. The molecule has 0 spiro atoms. The minimum Gasteiger partial charge on any atom is -0.409 e. The van der Waals surface area contributed by atoms with Crippen molar-refractivity contribution in [1.29, 1.82) is 0 Å². The molecule has 0 aromatic carbocycles. The maximum atomic E-state index is 12.0. The highest BCUT2D eigenvalue weighted by atomic mass is 16.5. The number of oxime groups is 1. The average molecular weight is 243 g/mol. The van der Waals surface area contributed by atoms with Crippen molar-refractivity contribution in [3.8, 4) is 0 Å². The van der Waals surface area contributed by atoms with Gasteiger partial charge >= 0.3 is 0 Å². The largest absolute Gasteiger partial charge is 0.409 e. The third-order valence-electron chi connectivity index (χ3n) is 3.04. The van der Waals surface area contributed by atoms with Crippen LogP contribution in [0.4, 0.5) is 0 Å². The molecule has 17 heavy (non-hydrogen) atoms. The fraction of sp³-hybridized carbons (Fsp3) is 0.818. The highest BCUT2D eigenvalue weighted by Gasteiger charge is 2.33. The molecule has 6 heteroatoms. The van der Waals surface area contributed by atoms with E-state index in [2.05, 4.69) is 10.5 Å². The first-order chi connectivity index (χ1) is 7.97. The van der Waals surface area contributed by atoms with Gasteiger partial charge in [0, 0.05) is 6.61 Å². The molecule has 0 saturated carbocycles. The number of nitrogens with two attached hydrogens (primary N) is 1. The maximum Gasteiger partial charge on any atom is 0.250 e. The Morgan fingerprint density at radius 3 is 2.65 bits per heavy atom. The monoisotopic (exact) mass is 243 g/mol. The second-order valence-electron chi connectivity index (χ2n) is 4.81. The predicted molar refractivity (Wildman–Crippen MR) is 63.7 cm³/mol. The van der Waals surface area contributed by atoms with Gasteiger partial charge in [0.05, 0.1) is 6.04 Å². The molecule has 98 valence electrons. The summed E-state index contributed by atoms with van der Waals surface area (Å²) < 4.78 is 5.37. The summed E-state index contributed by atoms with van der Waals surface area (Å²) >= 11 is 0. The zero-order valence-electron chi connectivity index (χ0n) is 10.5. The van der Waals surface area contributed by atoms with Crippen LogP contribution in [0, 0.1) is 11.8 Å². The minimum atomic E-state index is -0.469. The number of carbonyl (C=O) groups excluding carboxylic acids is 1. The second-order valence-corrected chi connectivity index (χ2v) is 4.81. The van der Waals surface area contributed by atoms with E-state index in [1.54, 1.807) is 0 Å². The summed E-state index contributed by atoms with van der Waals surface area (Å²) in [6, 6.07) is -0.469. The molecule has 1 saturated heterocycles. The highest BCUT2D eigenvalue weighted by Crippen LogP contribution is 2.20. The Kier molecular flexibility index (Phi) is 4.74. The number of nitrogens with one attached hydrogen (secondary N) is 1. The van der Waals surface area contributed by atoms with Gasteiger partial charge in [-0.05, 0) is 18.3 Å². The van der Waals surface area contributed by atoms with Crippen LogP contribution in [0.2, 0.25) is 0 Å². The van der Waals surface area contributed by atoms with Crippen molar-refractivity contribution < 1.29 is 14.7 Å². The molecular formula is C11H21N3O3. The molecule has 0 aromatic heterocycles. The standard InChI is InChI=1S/C11H21N3O3/c1-6(2)8(10(12)14-16)13-11(15)9-7(3)4-5-17-9/h6-9,16H,4-5H2,1-3H3,(H2,12,14)(H,13,15). The Morgan fingerprint density at radius 1 is 1.59 bits per heavy atom. The molecular weight excluding hydrogens is 222 g/mol. The van der Waals surface area contributed by atoms with Crippen molar-refractivity contribution in [1.82, 2.24) is 5.32 Å². The molecule has 0 aliphatic carbocycles. The van der Waals surface area contributed by atoms with Crippen LogP contribution in [-0.2, 0) is 9.53 Å². The third-order valence-corrected chi connectivity index (χ3v) is 3.04. The van der Waals surface area contributed by atoms with E-state index in [1.165, 1.54) is 0 Å². The zero-order chi connectivity index (χ0) is 13.0.